The molecule has 0 bridgehead atoms. The van der Waals surface area contributed by atoms with E-state index < -0.39 is 35.5 Å². The minimum absolute atomic E-state index is 0.0974. The van der Waals surface area contributed by atoms with Gasteiger partial charge in [0.25, 0.3) is 5.91 Å². The maximum absolute atomic E-state index is 14.0. The van der Waals surface area contributed by atoms with Crippen LogP contribution < -0.4 is 10.6 Å². The molecule has 5 rings (SSSR count). The zero-order valence-electron chi connectivity index (χ0n) is 16.5. The van der Waals surface area contributed by atoms with Gasteiger partial charge in [-0.25, -0.2) is 14.2 Å². The van der Waals surface area contributed by atoms with Crippen molar-refractivity contribution in [2.24, 2.45) is 0 Å². The molecule has 0 unspecified atom stereocenters. The molecule has 1 atom stereocenters. The van der Waals surface area contributed by atoms with Gasteiger partial charge < -0.3 is 20.3 Å². The molecule has 4 aromatic rings. The highest BCUT2D eigenvalue weighted by atomic mass is 35.5. The van der Waals surface area contributed by atoms with E-state index in [9.17, 15) is 23.9 Å². The lowest BCUT2D eigenvalue weighted by molar-refractivity contribution is -0.123. The number of carbonyl (C=O) groups is 3. The summed E-state index contributed by atoms with van der Waals surface area (Å²) < 4.78 is 20.2. The van der Waals surface area contributed by atoms with Crippen molar-refractivity contribution in [2.75, 3.05) is 5.32 Å². The minimum atomic E-state index is -1.39. The molecule has 0 radical (unpaired) electrons. The first-order valence-electron chi connectivity index (χ1n) is 9.57. The highest BCUT2D eigenvalue weighted by Gasteiger charge is 2.36. The van der Waals surface area contributed by atoms with Gasteiger partial charge in [0, 0.05) is 16.0 Å². The fourth-order valence-corrected chi connectivity index (χ4v) is 4.77. The van der Waals surface area contributed by atoms with Gasteiger partial charge in [0.1, 0.15) is 18.1 Å². The Balaban J connectivity index is 1.64. The molecule has 2 aromatic heterocycles. The highest BCUT2D eigenvalue weighted by molar-refractivity contribution is 7.13. The number of aromatic carboxylic acids is 1. The van der Waals surface area contributed by atoms with E-state index in [-0.39, 0.29) is 34.3 Å². The Kier molecular flexibility index (Phi) is 5.06. The lowest BCUT2D eigenvalue weighted by atomic mass is 10.0. The second kappa shape index (κ2) is 7.94. The average molecular weight is 486 g/mol. The Morgan fingerprint density at radius 3 is 2.85 bits per heavy atom. The zero-order chi connectivity index (χ0) is 23.3. The summed E-state index contributed by atoms with van der Waals surface area (Å²) >= 11 is 7.40. The summed E-state index contributed by atoms with van der Waals surface area (Å²) in [5.74, 6) is -3.66. The molecule has 2 aromatic carbocycles. The van der Waals surface area contributed by atoms with Crippen molar-refractivity contribution in [2.45, 2.75) is 12.6 Å². The van der Waals surface area contributed by atoms with Gasteiger partial charge >= 0.3 is 5.97 Å². The molecular weight excluding hydrogens is 473 g/mol. The van der Waals surface area contributed by atoms with Crippen molar-refractivity contribution in [1.82, 2.24) is 19.2 Å². The summed E-state index contributed by atoms with van der Waals surface area (Å²) in [6.45, 7) is -0.344. The van der Waals surface area contributed by atoms with Crippen LogP contribution >= 0.6 is 23.1 Å². The molecule has 3 heterocycles. The van der Waals surface area contributed by atoms with E-state index in [1.165, 1.54) is 10.6 Å². The van der Waals surface area contributed by atoms with Crippen LogP contribution in [-0.4, -0.2) is 36.8 Å². The minimum Gasteiger partial charge on any atom is -0.475 e. The van der Waals surface area contributed by atoms with E-state index >= 15 is 0 Å². The van der Waals surface area contributed by atoms with Crippen LogP contribution in [0, 0.1) is 5.82 Å². The topological polar surface area (TPSA) is 126 Å². The monoisotopic (exact) mass is 485 g/mol. The Morgan fingerprint density at radius 2 is 2.06 bits per heavy atom. The molecular formula is C21H13ClFN5O4S. The van der Waals surface area contributed by atoms with Crippen molar-refractivity contribution in [1.29, 1.82) is 0 Å². The van der Waals surface area contributed by atoms with Crippen molar-refractivity contribution in [3.05, 3.63) is 76.1 Å². The van der Waals surface area contributed by atoms with Gasteiger partial charge in [0.05, 0.1) is 16.4 Å². The fourth-order valence-electron chi connectivity index (χ4n) is 3.77. The molecule has 1 aliphatic rings. The summed E-state index contributed by atoms with van der Waals surface area (Å²) in [6.07, 6.45) is 0. The second-order valence-corrected chi connectivity index (χ2v) is 8.42. The summed E-state index contributed by atoms with van der Waals surface area (Å²) in [5, 5.41) is 15.7. The molecule has 0 saturated heterocycles. The molecule has 2 amide bonds. The van der Waals surface area contributed by atoms with Gasteiger partial charge in [-0.05, 0) is 35.8 Å². The third-order valence-electron chi connectivity index (χ3n) is 5.17. The van der Waals surface area contributed by atoms with E-state index in [0.29, 0.717) is 5.39 Å². The Morgan fingerprint density at radius 1 is 1.27 bits per heavy atom. The molecule has 0 fully saturated rings. The number of halogens is 2. The summed E-state index contributed by atoms with van der Waals surface area (Å²) in [4.78, 5) is 41.3. The van der Waals surface area contributed by atoms with Crippen molar-refractivity contribution >= 4 is 56.8 Å². The maximum atomic E-state index is 14.0. The maximum Gasteiger partial charge on any atom is 0.372 e. The number of amides is 2. The Bertz CT molecular complexity index is 1470. The number of nitrogens with one attached hydrogen (secondary N) is 2. The van der Waals surface area contributed by atoms with Gasteiger partial charge in [-0.1, -0.05) is 29.8 Å². The predicted octanol–water partition coefficient (Wildman–Crippen LogP) is 3.46. The van der Waals surface area contributed by atoms with Crippen molar-refractivity contribution in [3.8, 4) is 0 Å². The second-order valence-electron chi connectivity index (χ2n) is 7.21. The number of fused-ring (bicyclic) bond motifs is 2. The molecule has 9 nitrogen and oxygen atoms in total. The fraction of sp³-hybridized carbons (Fsp3) is 0.0952. The third kappa shape index (κ3) is 3.60. The summed E-state index contributed by atoms with van der Waals surface area (Å²) in [5.41, 5.74) is 0.499. The first kappa shape index (κ1) is 21.0. The number of imidazole rings is 1. The van der Waals surface area contributed by atoms with E-state index in [1.807, 2.05) is 12.1 Å². The van der Waals surface area contributed by atoms with Gasteiger partial charge in [-0.15, -0.1) is 0 Å². The molecule has 0 spiro atoms. The summed E-state index contributed by atoms with van der Waals surface area (Å²) in [7, 11) is 0. The van der Waals surface area contributed by atoms with Crippen LogP contribution in [0.25, 0.3) is 10.1 Å². The van der Waals surface area contributed by atoms with E-state index in [2.05, 4.69) is 20.0 Å². The SMILES string of the molecule is O=C1Cn2c(C(=O)O)nc(NC(=O)c3nsc4ccccc34)c2[C@H](c2cc(F)ccc2Cl)N1. The lowest BCUT2D eigenvalue weighted by Crippen LogP contribution is -2.40. The van der Waals surface area contributed by atoms with Crippen LogP contribution in [0.15, 0.2) is 42.5 Å². The van der Waals surface area contributed by atoms with Gasteiger partial charge in [-0.3, -0.25) is 9.59 Å². The number of aromatic nitrogens is 3. The van der Waals surface area contributed by atoms with Crippen LogP contribution in [0.3, 0.4) is 0 Å². The number of rotatable bonds is 4. The summed E-state index contributed by atoms with van der Waals surface area (Å²) in [6, 6.07) is 9.73. The van der Waals surface area contributed by atoms with Gasteiger partial charge in [-0.2, -0.15) is 4.37 Å². The number of carboxylic acids is 1. The van der Waals surface area contributed by atoms with Crippen molar-refractivity contribution < 1.29 is 23.9 Å². The largest absolute Gasteiger partial charge is 0.475 e. The highest BCUT2D eigenvalue weighted by Crippen LogP contribution is 2.36. The lowest BCUT2D eigenvalue weighted by Gasteiger charge is -2.27. The predicted molar refractivity (Wildman–Crippen MR) is 118 cm³/mol. The normalized spacial score (nSPS) is 15.2. The van der Waals surface area contributed by atoms with Gasteiger partial charge in [0.2, 0.25) is 11.7 Å². The van der Waals surface area contributed by atoms with Crippen molar-refractivity contribution in [3.63, 3.8) is 0 Å². The Labute approximate surface area is 194 Å². The number of anilines is 1. The number of hydrogen-bond donors (Lipinski definition) is 3. The molecule has 166 valence electrons. The van der Waals surface area contributed by atoms with E-state index in [1.54, 1.807) is 12.1 Å². The molecule has 0 aliphatic carbocycles. The van der Waals surface area contributed by atoms with Gasteiger partial charge in [0.15, 0.2) is 5.82 Å². The molecule has 12 heteroatoms. The zero-order valence-corrected chi connectivity index (χ0v) is 18.1. The smallest absolute Gasteiger partial charge is 0.372 e. The standard InChI is InChI=1S/C21H13ClFN5O4S/c22-12-6-5-9(23)7-11(12)15-17-18(25-19(21(31)32)28(17)8-14(29)24-15)26-20(30)16-10-3-1-2-4-13(10)33-27-16/h1-7,15H,8H2,(H,24,29)(H,26,30)(H,31,32)/t15-/m0/s1. The quantitative estimate of drug-likeness (QED) is 0.406. The Hall–Kier alpha value is -3.83. The van der Waals surface area contributed by atoms with E-state index in [0.717, 1.165) is 28.4 Å². The molecule has 1 aliphatic heterocycles. The van der Waals surface area contributed by atoms with E-state index in [4.69, 9.17) is 11.6 Å². The van der Waals surface area contributed by atoms with Crippen LogP contribution in [0.1, 0.15) is 38.4 Å². The number of benzene rings is 2. The molecule has 33 heavy (non-hydrogen) atoms. The number of nitrogens with zero attached hydrogens (tertiary/aromatic N) is 3. The number of carbonyl (C=O) groups excluding carboxylic acids is 2. The first-order valence-corrected chi connectivity index (χ1v) is 10.7. The number of hydrogen-bond acceptors (Lipinski definition) is 6. The third-order valence-corrected chi connectivity index (χ3v) is 6.34. The van der Waals surface area contributed by atoms with Crippen LogP contribution in [-0.2, 0) is 11.3 Å². The van der Waals surface area contributed by atoms with Crippen LogP contribution in [0.5, 0.6) is 0 Å². The molecule has 0 saturated carbocycles. The average Bonchev–Trinajstić information content (AvgIpc) is 3.37. The van der Waals surface area contributed by atoms with Crippen LogP contribution in [0.4, 0.5) is 10.2 Å². The molecule has 3 N–H and O–H groups in total. The first-order chi connectivity index (χ1) is 15.8. The van der Waals surface area contributed by atoms with Crippen LogP contribution in [0.2, 0.25) is 5.02 Å². The number of carboxylic acid groups (broad SMARTS) is 1.